The van der Waals surface area contributed by atoms with Gasteiger partial charge in [-0.05, 0) is 61.3 Å². The highest BCUT2D eigenvalue weighted by atomic mass is 35.5. The first-order chi connectivity index (χ1) is 12.6. The van der Waals surface area contributed by atoms with Gasteiger partial charge < -0.3 is 16.0 Å². The van der Waals surface area contributed by atoms with Crippen LogP contribution in [0.5, 0.6) is 0 Å². The standard InChI is InChI=1S/C20H25N3O2S.ClH/c1-14(15-6-4-10-21-13-15)12-19(24)22-16-7-2-3-8-17(16)23-20(25)18-9-5-11-26-18;/h2-3,5,7-9,11,14-15,21H,4,6,10,12-13H2,1H3,(H,22,24)(H,23,25);1H. The fraction of sp³-hybridized carbons (Fsp3) is 0.400. The molecule has 1 aromatic carbocycles. The molecular weight excluding hydrogens is 382 g/mol. The summed E-state index contributed by atoms with van der Waals surface area (Å²) >= 11 is 1.39. The van der Waals surface area contributed by atoms with E-state index < -0.39 is 0 Å². The van der Waals surface area contributed by atoms with Gasteiger partial charge in [0.05, 0.1) is 16.3 Å². The van der Waals surface area contributed by atoms with Crippen molar-refractivity contribution in [2.24, 2.45) is 11.8 Å². The molecule has 3 N–H and O–H groups in total. The lowest BCUT2D eigenvalue weighted by Crippen LogP contribution is -2.34. The van der Waals surface area contributed by atoms with E-state index in [1.54, 1.807) is 12.1 Å². The molecule has 0 saturated carbocycles. The zero-order valence-electron chi connectivity index (χ0n) is 15.4. The molecular formula is C20H26ClN3O2S. The van der Waals surface area contributed by atoms with E-state index in [0.717, 1.165) is 13.1 Å². The Morgan fingerprint density at radius 3 is 2.56 bits per heavy atom. The van der Waals surface area contributed by atoms with Crippen molar-refractivity contribution in [3.05, 3.63) is 46.7 Å². The maximum atomic E-state index is 12.5. The summed E-state index contributed by atoms with van der Waals surface area (Å²) in [6, 6.07) is 10.9. The summed E-state index contributed by atoms with van der Waals surface area (Å²) in [5, 5.41) is 11.1. The smallest absolute Gasteiger partial charge is 0.265 e. The number of carbonyl (C=O) groups excluding carboxylic acids is 2. The Labute approximate surface area is 170 Å². The van der Waals surface area contributed by atoms with E-state index in [1.807, 2.05) is 29.6 Å². The number of carbonyl (C=O) groups is 2. The Balaban J connectivity index is 0.00000261. The van der Waals surface area contributed by atoms with E-state index in [1.165, 1.54) is 24.2 Å². The Kier molecular flexibility index (Phi) is 8.28. The summed E-state index contributed by atoms with van der Waals surface area (Å²) in [5.41, 5.74) is 1.25. The summed E-state index contributed by atoms with van der Waals surface area (Å²) in [4.78, 5) is 25.4. The van der Waals surface area contributed by atoms with Crippen LogP contribution in [-0.4, -0.2) is 24.9 Å². The van der Waals surface area contributed by atoms with Crippen LogP contribution in [0.4, 0.5) is 11.4 Å². The van der Waals surface area contributed by atoms with Gasteiger partial charge in [-0.15, -0.1) is 23.7 Å². The Bertz CT molecular complexity index is 745. The van der Waals surface area contributed by atoms with E-state index in [4.69, 9.17) is 0 Å². The second kappa shape index (κ2) is 10.4. The lowest BCUT2D eigenvalue weighted by atomic mass is 9.85. The molecule has 0 bridgehead atoms. The summed E-state index contributed by atoms with van der Waals surface area (Å²) in [7, 11) is 0. The van der Waals surface area contributed by atoms with Gasteiger partial charge in [0.2, 0.25) is 5.91 Å². The first-order valence-corrected chi connectivity index (χ1v) is 9.96. The zero-order chi connectivity index (χ0) is 18.4. The van der Waals surface area contributed by atoms with E-state index in [-0.39, 0.29) is 24.2 Å². The zero-order valence-corrected chi connectivity index (χ0v) is 17.0. The Morgan fingerprint density at radius 2 is 1.93 bits per heavy atom. The molecule has 2 aromatic rings. The predicted molar refractivity (Wildman–Crippen MR) is 114 cm³/mol. The van der Waals surface area contributed by atoms with E-state index >= 15 is 0 Å². The van der Waals surface area contributed by atoms with E-state index in [2.05, 4.69) is 22.9 Å². The van der Waals surface area contributed by atoms with Gasteiger partial charge in [-0.25, -0.2) is 0 Å². The van der Waals surface area contributed by atoms with E-state index in [0.29, 0.717) is 34.5 Å². The highest BCUT2D eigenvalue weighted by Gasteiger charge is 2.22. The summed E-state index contributed by atoms with van der Waals surface area (Å²) in [5.74, 6) is 0.697. The second-order valence-electron chi connectivity index (χ2n) is 6.81. The maximum absolute atomic E-state index is 12.5. The first-order valence-electron chi connectivity index (χ1n) is 9.08. The Hall–Kier alpha value is -1.89. The number of amides is 2. The largest absolute Gasteiger partial charge is 0.324 e. The molecule has 2 heterocycles. The SMILES string of the molecule is CC(CC(=O)Nc1ccccc1NC(=O)c1cccs1)C1CCCNC1.Cl. The minimum atomic E-state index is -0.164. The molecule has 2 atom stereocenters. The van der Waals surface area contributed by atoms with Gasteiger partial charge in [0, 0.05) is 6.42 Å². The predicted octanol–water partition coefficient (Wildman–Crippen LogP) is 4.39. The minimum absolute atomic E-state index is 0. The van der Waals surface area contributed by atoms with E-state index in [9.17, 15) is 9.59 Å². The Morgan fingerprint density at radius 1 is 1.19 bits per heavy atom. The van der Waals surface area contributed by atoms with Gasteiger partial charge in [-0.1, -0.05) is 25.1 Å². The maximum Gasteiger partial charge on any atom is 0.265 e. The molecule has 2 amide bonds. The molecule has 27 heavy (non-hydrogen) atoms. The molecule has 1 saturated heterocycles. The molecule has 3 rings (SSSR count). The van der Waals surface area contributed by atoms with Crippen LogP contribution in [0.2, 0.25) is 0 Å². The van der Waals surface area contributed by atoms with Crippen LogP contribution in [0.15, 0.2) is 41.8 Å². The van der Waals surface area contributed by atoms with Gasteiger partial charge in [0.25, 0.3) is 5.91 Å². The molecule has 0 aliphatic carbocycles. The van der Waals surface area contributed by atoms with Crippen LogP contribution < -0.4 is 16.0 Å². The van der Waals surface area contributed by atoms with Crippen molar-refractivity contribution in [3.8, 4) is 0 Å². The number of nitrogens with one attached hydrogen (secondary N) is 3. The number of hydrogen-bond donors (Lipinski definition) is 3. The van der Waals surface area contributed by atoms with Crippen molar-refractivity contribution in [1.29, 1.82) is 0 Å². The quantitative estimate of drug-likeness (QED) is 0.665. The first kappa shape index (κ1) is 21.4. The van der Waals surface area contributed by atoms with Crippen LogP contribution in [0.25, 0.3) is 0 Å². The van der Waals surface area contributed by atoms with Gasteiger partial charge in [0.1, 0.15) is 0 Å². The molecule has 7 heteroatoms. The van der Waals surface area contributed by atoms with Crippen molar-refractivity contribution in [1.82, 2.24) is 5.32 Å². The molecule has 0 spiro atoms. The van der Waals surface area contributed by atoms with Crippen LogP contribution in [-0.2, 0) is 4.79 Å². The number of piperidine rings is 1. The van der Waals surface area contributed by atoms with Gasteiger partial charge >= 0.3 is 0 Å². The van der Waals surface area contributed by atoms with Crippen molar-refractivity contribution >= 4 is 46.9 Å². The van der Waals surface area contributed by atoms with Gasteiger partial charge in [-0.2, -0.15) is 0 Å². The van der Waals surface area contributed by atoms with Gasteiger partial charge in [0.15, 0.2) is 0 Å². The molecule has 1 aliphatic rings. The highest BCUT2D eigenvalue weighted by molar-refractivity contribution is 7.12. The second-order valence-corrected chi connectivity index (χ2v) is 7.76. The molecule has 2 unspecified atom stereocenters. The summed E-state index contributed by atoms with van der Waals surface area (Å²) in [6.07, 6.45) is 2.84. The van der Waals surface area contributed by atoms with Crippen molar-refractivity contribution in [2.75, 3.05) is 23.7 Å². The third-order valence-corrected chi connectivity index (χ3v) is 5.71. The fourth-order valence-electron chi connectivity index (χ4n) is 3.32. The summed E-state index contributed by atoms with van der Waals surface area (Å²) < 4.78 is 0. The van der Waals surface area contributed by atoms with Crippen LogP contribution >= 0.6 is 23.7 Å². The average Bonchev–Trinajstić information content (AvgIpc) is 3.19. The van der Waals surface area contributed by atoms with Crippen LogP contribution in [0, 0.1) is 11.8 Å². The molecule has 1 aromatic heterocycles. The molecule has 5 nitrogen and oxygen atoms in total. The van der Waals surface area contributed by atoms with Crippen LogP contribution in [0.1, 0.15) is 35.9 Å². The van der Waals surface area contributed by atoms with Crippen molar-refractivity contribution < 1.29 is 9.59 Å². The lowest BCUT2D eigenvalue weighted by molar-refractivity contribution is -0.117. The lowest BCUT2D eigenvalue weighted by Gasteiger charge is -2.28. The molecule has 1 aliphatic heterocycles. The minimum Gasteiger partial charge on any atom is -0.324 e. The fourth-order valence-corrected chi connectivity index (χ4v) is 3.94. The number of benzene rings is 1. The summed E-state index contributed by atoms with van der Waals surface area (Å²) in [6.45, 7) is 4.20. The monoisotopic (exact) mass is 407 g/mol. The van der Waals surface area contributed by atoms with Gasteiger partial charge in [-0.3, -0.25) is 9.59 Å². The molecule has 0 radical (unpaired) electrons. The molecule has 146 valence electrons. The molecule has 1 fully saturated rings. The average molecular weight is 408 g/mol. The third kappa shape index (κ3) is 6.06. The number of halogens is 1. The number of rotatable bonds is 6. The number of para-hydroxylation sites is 2. The number of thiophene rings is 1. The van der Waals surface area contributed by atoms with Crippen molar-refractivity contribution in [3.63, 3.8) is 0 Å². The number of anilines is 2. The van der Waals surface area contributed by atoms with Crippen LogP contribution in [0.3, 0.4) is 0 Å². The normalized spacial score (nSPS) is 17.4. The number of hydrogen-bond acceptors (Lipinski definition) is 4. The van der Waals surface area contributed by atoms with Crippen molar-refractivity contribution in [2.45, 2.75) is 26.2 Å². The highest BCUT2D eigenvalue weighted by Crippen LogP contribution is 2.26. The topological polar surface area (TPSA) is 70.2 Å². The third-order valence-electron chi connectivity index (χ3n) is 4.84.